The van der Waals surface area contributed by atoms with Gasteiger partial charge in [-0.3, -0.25) is 10.1 Å². The van der Waals surface area contributed by atoms with E-state index in [1.54, 1.807) is 0 Å². The minimum absolute atomic E-state index is 0.0694. The quantitative estimate of drug-likeness (QED) is 0.664. The van der Waals surface area contributed by atoms with Crippen LogP contribution in [0.15, 0.2) is 23.1 Å². The van der Waals surface area contributed by atoms with E-state index in [0.29, 0.717) is 13.0 Å². The molecule has 0 bridgehead atoms. The van der Waals surface area contributed by atoms with Crippen molar-refractivity contribution in [2.75, 3.05) is 19.7 Å². The number of sulfonamides is 1. The molecule has 1 saturated heterocycles. The Kier molecular flexibility index (Phi) is 4.28. The third kappa shape index (κ3) is 2.78. The number of nitrogens with zero attached hydrogens (tertiary/aromatic N) is 2. The number of hydrogen-bond acceptors (Lipinski definition) is 5. The topological polar surface area (TPSA) is 101 Å². The fourth-order valence-electron chi connectivity index (χ4n) is 2.12. The summed E-state index contributed by atoms with van der Waals surface area (Å²) in [7, 11) is -3.79. The van der Waals surface area contributed by atoms with Gasteiger partial charge in [0.1, 0.15) is 4.90 Å². The lowest BCUT2D eigenvalue weighted by atomic mass is 10.1. The average molecular weight is 321 g/mol. The molecule has 9 heteroatoms. The van der Waals surface area contributed by atoms with E-state index in [9.17, 15) is 18.5 Å². The van der Waals surface area contributed by atoms with Gasteiger partial charge in [0.2, 0.25) is 10.0 Å². The highest BCUT2D eigenvalue weighted by molar-refractivity contribution is 7.89. The number of hydrogen-bond donors (Lipinski definition) is 1. The summed E-state index contributed by atoms with van der Waals surface area (Å²) in [4.78, 5) is 9.82. The minimum Gasteiger partial charge on any atom is -0.396 e. The van der Waals surface area contributed by atoms with E-state index in [1.165, 1.54) is 4.31 Å². The summed E-state index contributed by atoms with van der Waals surface area (Å²) in [5, 5.41) is 19.5. The Morgan fingerprint density at radius 2 is 2.20 bits per heavy atom. The summed E-state index contributed by atoms with van der Waals surface area (Å²) >= 11 is 5.85. The molecular formula is C11H13ClN2O5S. The van der Waals surface area contributed by atoms with Crippen molar-refractivity contribution in [2.45, 2.75) is 11.3 Å². The van der Waals surface area contributed by atoms with E-state index in [4.69, 9.17) is 16.7 Å². The van der Waals surface area contributed by atoms with Crippen LogP contribution in [0.4, 0.5) is 5.69 Å². The highest BCUT2D eigenvalue weighted by Gasteiger charge is 2.33. The van der Waals surface area contributed by atoms with Crippen LogP contribution < -0.4 is 0 Å². The van der Waals surface area contributed by atoms with Crippen molar-refractivity contribution >= 4 is 27.3 Å². The second kappa shape index (κ2) is 5.65. The summed E-state index contributed by atoms with van der Waals surface area (Å²) < 4.78 is 26.0. The molecule has 1 unspecified atom stereocenters. The van der Waals surface area contributed by atoms with Gasteiger partial charge in [0.15, 0.2) is 0 Å². The smallest absolute Gasteiger partial charge is 0.271 e. The summed E-state index contributed by atoms with van der Waals surface area (Å²) in [5.41, 5.74) is -0.261. The summed E-state index contributed by atoms with van der Waals surface area (Å²) in [6.07, 6.45) is 0.584. The van der Waals surface area contributed by atoms with Crippen LogP contribution in [-0.2, 0) is 10.0 Å². The Balaban J connectivity index is 2.33. The number of benzene rings is 1. The van der Waals surface area contributed by atoms with E-state index < -0.39 is 14.9 Å². The fourth-order valence-corrected chi connectivity index (χ4v) is 4.16. The molecule has 1 aromatic carbocycles. The summed E-state index contributed by atoms with van der Waals surface area (Å²) in [5.74, 6) is -0.0819. The van der Waals surface area contributed by atoms with Gasteiger partial charge in [-0.05, 0) is 18.4 Å². The van der Waals surface area contributed by atoms with Crippen molar-refractivity contribution in [1.82, 2.24) is 4.31 Å². The van der Waals surface area contributed by atoms with Crippen molar-refractivity contribution in [2.24, 2.45) is 5.92 Å². The van der Waals surface area contributed by atoms with E-state index >= 15 is 0 Å². The maximum Gasteiger partial charge on any atom is 0.271 e. The number of aliphatic hydroxyl groups is 1. The molecule has 0 amide bonds. The van der Waals surface area contributed by atoms with E-state index in [0.717, 1.165) is 18.2 Å². The molecule has 1 aromatic rings. The lowest BCUT2D eigenvalue weighted by Gasteiger charge is -2.17. The van der Waals surface area contributed by atoms with Crippen molar-refractivity contribution in [1.29, 1.82) is 0 Å². The number of non-ortho nitro benzene ring substituents is 1. The molecule has 1 fully saturated rings. The fraction of sp³-hybridized carbons (Fsp3) is 0.455. The number of nitro benzene ring substituents is 1. The van der Waals surface area contributed by atoms with Gasteiger partial charge in [-0.2, -0.15) is 4.31 Å². The lowest BCUT2D eigenvalue weighted by Crippen LogP contribution is -2.29. The average Bonchev–Trinajstić information content (AvgIpc) is 2.87. The molecule has 0 saturated carbocycles. The normalized spacial score (nSPS) is 20.2. The number of aliphatic hydroxyl groups excluding tert-OH is 1. The van der Waals surface area contributed by atoms with Crippen LogP contribution >= 0.6 is 11.6 Å². The van der Waals surface area contributed by atoms with Crippen LogP contribution in [0.5, 0.6) is 0 Å². The van der Waals surface area contributed by atoms with Crippen LogP contribution in [0.1, 0.15) is 6.42 Å². The van der Waals surface area contributed by atoms with Gasteiger partial charge in [-0.25, -0.2) is 8.42 Å². The molecule has 0 aliphatic carbocycles. The number of nitro groups is 1. The molecule has 1 aliphatic heterocycles. The first kappa shape index (κ1) is 15.2. The maximum absolute atomic E-state index is 12.4. The van der Waals surface area contributed by atoms with Gasteiger partial charge in [-0.15, -0.1) is 0 Å². The monoisotopic (exact) mass is 320 g/mol. The highest BCUT2D eigenvalue weighted by atomic mass is 35.5. The van der Waals surface area contributed by atoms with Crippen LogP contribution in [0.25, 0.3) is 0 Å². The van der Waals surface area contributed by atoms with Gasteiger partial charge < -0.3 is 5.11 Å². The van der Waals surface area contributed by atoms with Crippen molar-refractivity contribution in [3.63, 3.8) is 0 Å². The largest absolute Gasteiger partial charge is 0.396 e. The summed E-state index contributed by atoms with van der Waals surface area (Å²) in [6.45, 7) is 0.465. The van der Waals surface area contributed by atoms with E-state index in [-0.39, 0.29) is 34.7 Å². The first-order valence-electron chi connectivity index (χ1n) is 5.91. The first-order valence-corrected chi connectivity index (χ1v) is 7.73. The second-order valence-electron chi connectivity index (χ2n) is 4.57. The second-order valence-corrected chi connectivity index (χ2v) is 6.89. The lowest BCUT2D eigenvalue weighted by molar-refractivity contribution is -0.384. The zero-order chi connectivity index (χ0) is 14.9. The highest BCUT2D eigenvalue weighted by Crippen LogP contribution is 2.31. The molecular weight excluding hydrogens is 308 g/mol. The molecule has 1 N–H and O–H groups in total. The van der Waals surface area contributed by atoms with Crippen LogP contribution in [0.2, 0.25) is 5.02 Å². The Morgan fingerprint density at radius 1 is 1.50 bits per heavy atom. The zero-order valence-corrected chi connectivity index (χ0v) is 12.0. The Labute approximate surface area is 121 Å². The van der Waals surface area contributed by atoms with Crippen LogP contribution in [0.3, 0.4) is 0 Å². The third-order valence-corrected chi connectivity index (χ3v) is 5.60. The van der Waals surface area contributed by atoms with Crippen molar-refractivity contribution in [3.05, 3.63) is 33.3 Å². The molecule has 1 heterocycles. The van der Waals surface area contributed by atoms with Crippen LogP contribution in [0, 0.1) is 16.0 Å². The summed E-state index contributed by atoms with van der Waals surface area (Å²) in [6, 6.07) is 3.27. The maximum atomic E-state index is 12.4. The molecule has 7 nitrogen and oxygen atoms in total. The number of halogens is 1. The molecule has 1 atom stereocenters. The van der Waals surface area contributed by atoms with Gasteiger partial charge in [0, 0.05) is 31.8 Å². The van der Waals surface area contributed by atoms with Crippen LogP contribution in [-0.4, -0.2) is 42.4 Å². The standard InChI is InChI=1S/C11H13ClN2O5S/c12-10-5-9(14(16)17)1-2-11(10)20(18,19)13-4-3-8(6-13)7-15/h1-2,5,8,15H,3-4,6-7H2. The van der Waals surface area contributed by atoms with E-state index in [1.807, 2.05) is 0 Å². The minimum atomic E-state index is -3.79. The van der Waals surface area contributed by atoms with Gasteiger partial charge in [0.05, 0.1) is 9.95 Å². The molecule has 20 heavy (non-hydrogen) atoms. The molecule has 0 radical (unpaired) electrons. The predicted molar refractivity (Wildman–Crippen MR) is 72.1 cm³/mol. The Bertz CT molecular complexity index is 634. The van der Waals surface area contributed by atoms with E-state index in [2.05, 4.69) is 0 Å². The third-order valence-electron chi connectivity index (χ3n) is 3.25. The SMILES string of the molecule is O=[N+]([O-])c1ccc(S(=O)(=O)N2CCC(CO)C2)c(Cl)c1. The zero-order valence-electron chi connectivity index (χ0n) is 10.4. The predicted octanol–water partition coefficient (Wildman–Crippen LogP) is 1.25. The molecule has 110 valence electrons. The molecule has 0 aromatic heterocycles. The first-order chi connectivity index (χ1) is 9.36. The molecule has 1 aliphatic rings. The molecule has 0 spiro atoms. The number of rotatable bonds is 4. The van der Waals surface area contributed by atoms with Gasteiger partial charge in [0.25, 0.3) is 5.69 Å². The van der Waals surface area contributed by atoms with Crippen molar-refractivity contribution in [3.8, 4) is 0 Å². The van der Waals surface area contributed by atoms with Crippen molar-refractivity contribution < 1.29 is 18.4 Å². The molecule has 2 rings (SSSR count). The van der Waals surface area contributed by atoms with Gasteiger partial charge >= 0.3 is 0 Å². The Morgan fingerprint density at radius 3 is 2.70 bits per heavy atom. The Hall–Kier alpha value is -1.22. The van der Waals surface area contributed by atoms with Gasteiger partial charge in [-0.1, -0.05) is 11.6 Å².